The van der Waals surface area contributed by atoms with Gasteiger partial charge in [0.1, 0.15) is 0 Å². The molecule has 0 spiro atoms. The predicted octanol–water partition coefficient (Wildman–Crippen LogP) is 1.85. The monoisotopic (exact) mass is 260 g/mol. The molecule has 1 unspecified atom stereocenters. The molecular formula is C12H20O4S. The summed E-state index contributed by atoms with van der Waals surface area (Å²) in [6.07, 6.45) is 6.45. The summed E-state index contributed by atoms with van der Waals surface area (Å²) in [6.45, 7) is 0. The minimum Gasteiger partial charge on any atom is -0.481 e. The molecule has 1 saturated carbocycles. The number of hydrogen-bond acceptors (Lipinski definition) is 3. The van der Waals surface area contributed by atoms with Crippen molar-refractivity contribution >= 4 is 15.8 Å². The number of carboxylic acid groups (broad SMARTS) is 1. The Kier molecular flexibility index (Phi) is 3.48. The van der Waals surface area contributed by atoms with Crippen LogP contribution in [-0.4, -0.2) is 31.0 Å². The Morgan fingerprint density at radius 2 is 1.71 bits per heavy atom. The van der Waals surface area contributed by atoms with Crippen LogP contribution in [0.4, 0.5) is 0 Å². The highest BCUT2D eigenvalue weighted by Crippen LogP contribution is 2.45. The zero-order valence-electron chi connectivity index (χ0n) is 10.0. The standard InChI is InChI=1S/C12H20O4S/c13-11(14)12(7-8-17(15,16)9-12)10-5-3-1-2-4-6-10/h10H,1-9H2,(H,13,14). The van der Waals surface area contributed by atoms with Gasteiger partial charge < -0.3 is 5.11 Å². The van der Waals surface area contributed by atoms with Crippen molar-refractivity contribution in [2.24, 2.45) is 11.3 Å². The Hall–Kier alpha value is -0.580. The fourth-order valence-corrected chi connectivity index (χ4v) is 5.48. The molecule has 98 valence electrons. The quantitative estimate of drug-likeness (QED) is 0.769. The van der Waals surface area contributed by atoms with Gasteiger partial charge in [0, 0.05) is 0 Å². The SMILES string of the molecule is O=C(O)C1(C2CCCCCC2)CCS(=O)(=O)C1. The van der Waals surface area contributed by atoms with Crippen molar-refractivity contribution in [3.05, 3.63) is 0 Å². The minimum absolute atomic E-state index is 0.0514. The predicted molar refractivity (Wildman–Crippen MR) is 64.5 cm³/mol. The molecule has 17 heavy (non-hydrogen) atoms. The van der Waals surface area contributed by atoms with E-state index < -0.39 is 21.2 Å². The topological polar surface area (TPSA) is 71.4 Å². The number of rotatable bonds is 2. The smallest absolute Gasteiger partial charge is 0.310 e. The van der Waals surface area contributed by atoms with Gasteiger partial charge in [-0.25, -0.2) is 8.42 Å². The van der Waals surface area contributed by atoms with Gasteiger partial charge in [-0.1, -0.05) is 25.7 Å². The van der Waals surface area contributed by atoms with E-state index in [0.29, 0.717) is 6.42 Å². The lowest BCUT2D eigenvalue weighted by Crippen LogP contribution is -2.39. The molecule has 1 heterocycles. The summed E-state index contributed by atoms with van der Waals surface area (Å²) in [6, 6.07) is 0. The second kappa shape index (κ2) is 4.59. The number of sulfone groups is 1. The van der Waals surface area contributed by atoms with E-state index in [2.05, 4.69) is 0 Å². The number of hydrogen-bond donors (Lipinski definition) is 1. The highest BCUT2D eigenvalue weighted by atomic mass is 32.2. The van der Waals surface area contributed by atoms with Gasteiger partial charge in [-0.05, 0) is 25.2 Å². The average Bonchev–Trinajstić information content (AvgIpc) is 2.47. The summed E-state index contributed by atoms with van der Waals surface area (Å²) in [5, 5.41) is 9.48. The summed E-state index contributed by atoms with van der Waals surface area (Å²) >= 11 is 0. The van der Waals surface area contributed by atoms with Crippen molar-refractivity contribution < 1.29 is 18.3 Å². The zero-order chi connectivity index (χ0) is 12.5. The number of carbonyl (C=O) groups is 1. The summed E-state index contributed by atoms with van der Waals surface area (Å²) in [5.74, 6) is -0.930. The molecular weight excluding hydrogens is 240 g/mol. The Bertz CT molecular complexity index is 393. The van der Waals surface area contributed by atoms with Gasteiger partial charge >= 0.3 is 5.97 Å². The van der Waals surface area contributed by atoms with Crippen molar-refractivity contribution in [3.8, 4) is 0 Å². The molecule has 0 aromatic carbocycles. The van der Waals surface area contributed by atoms with Gasteiger partial charge in [-0.15, -0.1) is 0 Å². The van der Waals surface area contributed by atoms with Gasteiger partial charge in [0.25, 0.3) is 0 Å². The third kappa shape index (κ3) is 2.49. The highest BCUT2D eigenvalue weighted by Gasteiger charge is 2.52. The Balaban J connectivity index is 2.25. The fourth-order valence-electron chi connectivity index (χ4n) is 3.37. The van der Waals surface area contributed by atoms with Crippen LogP contribution in [0.15, 0.2) is 0 Å². The molecule has 0 aromatic rings. The van der Waals surface area contributed by atoms with E-state index in [1.54, 1.807) is 0 Å². The van der Waals surface area contributed by atoms with Crippen LogP contribution in [-0.2, 0) is 14.6 Å². The molecule has 1 N–H and O–H groups in total. The Labute approximate surface area is 102 Å². The Morgan fingerprint density at radius 3 is 2.12 bits per heavy atom. The maximum absolute atomic E-state index is 11.6. The lowest BCUT2D eigenvalue weighted by Gasteiger charge is -2.31. The third-order valence-electron chi connectivity index (χ3n) is 4.40. The van der Waals surface area contributed by atoms with Gasteiger partial charge in [0.05, 0.1) is 16.9 Å². The van der Waals surface area contributed by atoms with Gasteiger partial charge in [-0.3, -0.25) is 4.79 Å². The van der Waals surface area contributed by atoms with Crippen LogP contribution in [0.25, 0.3) is 0 Å². The van der Waals surface area contributed by atoms with E-state index in [-0.39, 0.29) is 17.4 Å². The molecule has 4 nitrogen and oxygen atoms in total. The third-order valence-corrected chi connectivity index (χ3v) is 6.18. The van der Waals surface area contributed by atoms with Crippen LogP contribution in [0, 0.1) is 11.3 Å². The molecule has 2 aliphatic rings. The van der Waals surface area contributed by atoms with Crippen LogP contribution >= 0.6 is 0 Å². The maximum Gasteiger partial charge on any atom is 0.310 e. The highest BCUT2D eigenvalue weighted by molar-refractivity contribution is 7.91. The average molecular weight is 260 g/mol. The second-order valence-electron chi connectivity index (χ2n) is 5.49. The summed E-state index contributed by atoms with van der Waals surface area (Å²) in [7, 11) is -3.14. The molecule has 0 bridgehead atoms. The molecule has 1 aliphatic heterocycles. The molecule has 0 radical (unpaired) electrons. The van der Waals surface area contributed by atoms with E-state index in [1.165, 1.54) is 0 Å². The van der Waals surface area contributed by atoms with Crippen molar-refractivity contribution in [3.63, 3.8) is 0 Å². The molecule has 2 rings (SSSR count). The van der Waals surface area contributed by atoms with Crippen LogP contribution in [0.1, 0.15) is 44.9 Å². The second-order valence-corrected chi connectivity index (χ2v) is 7.68. The van der Waals surface area contributed by atoms with Crippen molar-refractivity contribution in [2.45, 2.75) is 44.9 Å². The van der Waals surface area contributed by atoms with Gasteiger partial charge in [-0.2, -0.15) is 0 Å². The first-order valence-electron chi connectivity index (χ1n) is 6.40. The molecule has 0 aromatic heterocycles. The van der Waals surface area contributed by atoms with E-state index in [4.69, 9.17) is 0 Å². The molecule has 2 fully saturated rings. The van der Waals surface area contributed by atoms with Gasteiger partial charge in [0.2, 0.25) is 0 Å². The van der Waals surface area contributed by atoms with Crippen LogP contribution < -0.4 is 0 Å². The first-order chi connectivity index (χ1) is 7.96. The van der Waals surface area contributed by atoms with E-state index in [1.807, 2.05) is 0 Å². The van der Waals surface area contributed by atoms with Crippen LogP contribution in [0.2, 0.25) is 0 Å². The first kappa shape index (κ1) is 12.9. The van der Waals surface area contributed by atoms with E-state index >= 15 is 0 Å². The van der Waals surface area contributed by atoms with Crippen LogP contribution in [0.5, 0.6) is 0 Å². The summed E-state index contributed by atoms with van der Waals surface area (Å²) in [4.78, 5) is 11.6. The zero-order valence-corrected chi connectivity index (χ0v) is 10.8. The molecule has 0 amide bonds. The molecule has 1 saturated heterocycles. The molecule has 1 atom stereocenters. The van der Waals surface area contributed by atoms with E-state index in [0.717, 1.165) is 38.5 Å². The minimum atomic E-state index is -3.14. The van der Waals surface area contributed by atoms with Gasteiger partial charge in [0.15, 0.2) is 9.84 Å². The van der Waals surface area contributed by atoms with Crippen molar-refractivity contribution in [2.75, 3.05) is 11.5 Å². The van der Waals surface area contributed by atoms with Crippen LogP contribution in [0.3, 0.4) is 0 Å². The first-order valence-corrected chi connectivity index (χ1v) is 8.22. The lowest BCUT2D eigenvalue weighted by atomic mass is 9.71. The summed E-state index contributed by atoms with van der Waals surface area (Å²) in [5.41, 5.74) is -0.983. The fraction of sp³-hybridized carbons (Fsp3) is 0.917. The Morgan fingerprint density at radius 1 is 1.12 bits per heavy atom. The van der Waals surface area contributed by atoms with Crippen molar-refractivity contribution in [1.29, 1.82) is 0 Å². The van der Waals surface area contributed by atoms with Crippen molar-refractivity contribution in [1.82, 2.24) is 0 Å². The lowest BCUT2D eigenvalue weighted by molar-refractivity contribution is -0.151. The largest absolute Gasteiger partial charge is 0.481 e. The number of aliphatic carboxylic acids is 1. The normalized spacial score (nSPS) is 34.4. The summed E-state index contributed by atoms with van der Waals surface area (Å²) < 4.78 is 23.2. The maximum atomic E-state index is 11.6. The number of carboxylic acids is 1. The molecule has 5 heteroatoms. The molecule has 1 aliphatic carbocycles. The van der Waals surface area contributed by atoms with E-state index in [9.17, 15) is 18.3 Å².